The van der Waals surface area contributed by atoms with Gasteiger partial charge >= 0.3 is 5.69 Å². The van der Waals surface area contributed by atoms with E-state index in [1.54, 1.807) is 15.9 Å². The van der Waals surface area contributed by atoms with E-state index in [4.69, 9.17) is 4.52 Å². The Morgan fingerprint density at radius 3 is 2.97 bits per heavy atom. The van der Waals surface area contributed by atoms with Crippen LogP contribution in [-0.2, 0) is 30.7 Å². The molecule has 0 aliphatic carbocycles. The molecule has 4 rings (SSSR count). The predicted octanol–water partition coefficient (Wildman–Crippen LogP) is 2.21. The van der Waals surface area contributed by atoms with E-state index in [1.165, 1.54) is 10.2 Å². The Labute approximate surface area is 172 Å². The molecule has 4 heterocycles. The van der Waals surface area contributed by atoms with Gasteiger partial charge in [0.15, 0.2) is 0 Å². The minimum absolute atomic E-state index is 0.0663. The maximum atomic E-state index is 12.8. The number of aryl methyl sites for hydroxylation is 4. The first-order valence-electron chi connectivity index (χ1n) is 9.90. The van der Waals surface area contributed by atoms with E-state index in [0.29, 0.717) is 31.7 Å². The number of rotatable bonds is 6. The molecule has 0 radical (unpaired) electrons. The average Bonchev–Trinajstić information content (AvgIpc) is 3.36. The number of aromatic nitrogens is 4. The number of nitrogens with one attached hydrogen (secondary N) is 1. The maximum Gasteiger partial charge on any atom is 0.346 e. The van der Waals surface area contributed by atoms with E-state index in [0.717, 1.165) is 36.3 Å². The van der Waals surface area contributed by atoms with Crippen molar-refractivity contribution < 1.29 is 9.32 Å². The second kappa shape index (κ2) is 8.36. The first kappa shape index (κ1) is 19.6. The van der Waals surface area contributed by atoms with Gasteiger partial charge in [-0.3, -0.25) is 9.36 Å². The third kappa shape index (κ3) is 4.34. The van der Waals surface area contributed by atoms with Crippen molar-refractivity contribution in [2.24, 2.45) is 0 Å². The molecule has 1 N–H and O–H groups in total. The van der Waals surface area contributed by atoms with Crippen LogP contribution >= 0.6 is 11.3 Å². The van der Waals surface area contributed by atoms with Crippen molar-refractivity contribution in [1.82, 2.24) is 24.8 Å². The molecule has 0 fully saturated rings. The molecular formula is C20H25N5O3S. The first-order valence-corrected chi connectivity index (χ1v) is 10.8. The quantitative estimate of drug-likeness (QED) is 0.666. The summed E-state index contributed by atoms with van der Waals surface area (Å²) in [5.41, 5.74) is 2.76. The van der Waals surface area contributed by atoms with E-state index in [2.05, 4.69) is 27.0 Å². The molecule has 1 atom stereocenters. The summed E-state index contributed by atoms with van der Waals surface area (Å²) in [7, 11) is 0. The van der Waals surface area contributed by atoms with Gasteiger partial charge in [0.1, 0.15) is 11.6 Å². The zero-order valence-corrected chi connectivity index (χ0v) is 17.5. The summed E-state index contributed by atoms with van der Waals surface area (Å²) in [5.74, 6) is 1.55. The van der Waals surface area contributed by atoms with Gasteiger partial charge in [-0.2, -0.15) is 16.4 Å². The van der Waals surface area contributed by atoms with Crippen LogP contribution in [0.25, 0.3) is 0 Å². The third-order valence-electron chi connectivity index (χ3n) is 5.49. The highest BCUT2D eigenvalue weighted by molar-refractivity contribution is 7.07. The molecule has 3 aromatic rings. The summed E-state index contributed by atoms with van der Waals surface area (Å²) in [6.45, 7) is 4.63. The number of amides is 1. The number of carbonyl (C=O) groups excluding carboxylic acids is 1. The van der Waals surface area contributed by atoms with Crippen LogP contribution < -0.4 is 11.0 Å². The van der Waals surface area contributed by atoms with Crippen LogP contribution in [0.15, 0.2) is 26.1 Å². The fourth-order valence-corrected chi connectivity index (χ4v) is 4.45. The topological polar surface area (TPSA) is 94.9 Å². The van der Waals surface area contributed by atoms with Gasteiger partial charge < -0.3 is 9.84 Å². The highest BCUT2D eigenvalue weighted by Crippen LogP contribution is 2.16. The molecule has 1 aliphatic rings. The van der Waals surface area contributed by atoms with Crippen LogP contribution in [0.5, 0.6) is 0 Å². The van der Waals surface area contributed by atoms with E-state index in [-0.39, 0.29) is 17.6 Å². The second-order valence-corrected chi connectivity index (χ2v) is 8.31. The number of carbonyl (C=O) groups is 1. The maximum absolute atomic E-state index is 12.8. The van der Waals surface area contributed by atoms with Crippen molar-refractivity contribution in [2.45, 2.75) is 65.1 Å². The summed E-state index contributed by atoms with van der Waals surface area (Å²) in [4.78, 5) is 25.1. The lowest BCUT2D eigenvalue weighted by atomic mass is 10.1. The molecule has 0 saturated heterocycles. The number of fused-ring (bicyclic) bond motifs is 1. The monoisotopic (exact) mass is 415 g/mol. The summed E-state index contributed by atoms with van der Waals surface area (Å²) in [6.07, 6.45) is 3.43. The van der Waals surface area contributed by atoms with Crippen LogP contribution in [0.4, 0.5) is 0 Å². The van der Waals surface area contributed by atoms with E-state index < -0.39 is 0 Å². The summed E-state index contributed by atoms with van der Waals surface area (Å²) in [5, 5.41) is 15.7. The van der Waals surface area contributed by atoms with Gasteiger partial charge in [0.05, 0.1) is 12.2 Å². The van der Waals surface area contributed by atoms with Crippen LogP contribution in [0.1, 0.15) is 47.7 Å². The fourth-order valence-electron chi connectivity index (χ4n) is 3.75. The molecule has 1 amide bonds. The van der Waals surface area contributed by atoms with Crippen molar-refractivity contribution in [3.63, 3.8) is 0 Å². The molecule has 9 heteroatoms. The van der Waals surface area contributed by atoms with Gasteiger partial charge in [0, 0.05) is 31.0 Å². The van der Waals surface area contributed by atoms with Crippen LogP contribution in [-0.4, -0.2) is 31.5 Å². The molecule has 3 aromatic heterocycles. The first-order chi connectivity index (χ1) is 14.0. The van der Waals surface area contributed by atoms with Crippen molar-refractivity contribution in [2.75, 3.05) is 0 Å². The SMILES string of the molecule is Cc1noc(C)c1Cn1nc2n(c1=O)CCC(NC(=O)CCc1ccsc1)CC2. The summed E-state index contributed by atoms with van der Waals surface area (Å²) in [6, 6.07) is 2.12. The molecule has 0 saturated carbocycles. The molecular weight excluding hydrogens is 390 g/mol. The Bertz CT molecular complexity index is 1030. The Morgan fingerprint density at radius 2 is 2.24 bits per heavy atom. The lowest BCUT2D eigenvalue weighted by Crippen LogP contribution is -2.36. The number of hydrogen-bond donors (Lipinski definition) is 1. The normalized spacial score (nSPS) is 16.4. The predicted molar refractivity (Wildman–Crippen MR) is 109 cm³/mol. The Balaban J connectivity index is 1.36. The van der Waals surface area contributed by atoms with Crippen LogP contribution in [0.3, 0.4) is 0 Å². The number of thiophene rings is 1. The highest BCUT2D eigenvalue weighted by atomic mass is 32.1. The average molecular weight is 416 g/mol. The molecule has 0 spiro atoms. The highest BCUT2D eigenvalue weighted by Gasteiger charge is 2.23. The summed E-state index contributed by atoms with van der Waals surface area (Å²) < 4.78 is 8.40. The van der Waals surface area contributed by atoms with E-state index >= 15 is 0 Å². The molecule has 8 nitrogen and oxygen atoms in total. The van der Waals surface area contributed by atoms with E-state index in [9.17, 15) is 9.59 Å². The molecule has 0 aromatic carbocycles. The Hall–Kier alpha value is -2.68. The van der Waals surface area contributed by atoms with Gasteiger partial charge in [-0.25, -0.2) is 9.48 Å². The lowest BCUT2D eigenvalue weighted by molar-refractivity contribution is -0.121. The van der Waals surface area contributed by atoms with Crippen LogP contribution in [0.2, 0.25) is 0 Å². The minimum Gasteiger partial charge on any atom is -0.361 e. The summed E-state index contributed by atoms with van der Waals surface area (Å²) >= 11 is 1.65. The second-order valence-electron chi connectivity index (χ2n) is 7.53. The van der Waals surface area contributed by atoms with Crippen molar-refractivity contribution in [3.8, 4) is 0 Å². The number of hydrogen-bond acceptors (Lipinski definition) is 6. The standard InChI is InChI=1S/C20H25N5O3S/c1-13-17(14(2)28-23-13)11-25-20(27)24-9-7-16(4-5-18(24)22-25)21-19(26)6-3-15-8-10-29-12-15/h8,10,12,16H,3-7,9,11H2,1-2H3,(H,21,26). The zero-order chi connectivity index (χ0) is 20.4. The molecule has 1 unspecified atom stereocenters. The molecule has 29 heavy (non-hydrogen) atoms. The lowest BCUT2D eigenvalue weighted by Gasteiger charge is -2.16. The van der Waals surface area contributed by atoms with Crippen molar-refractivity contribution in [1.29, 1.82) is 0 Å². The van der Waals surface area contributed by atoms with Gasteiger partial charge in [0.25, 0.3) is 0 Å². The minimum atomic E-state index is -0.121. The van der Waals surface area contributed by atoms with Gasteiger partial charge in [-0.15, -0.1) is 0 Å². The smallest absolute Gasteiger partial charge is 0.346 e. The molecule has 1 aliphatic heterocycles. The third-order valence-corrected chi connectivity index (χ3v) is 6.22. The van der Waals surface area contributed by atoms with Gasteiger partial charge in [-0.1, -0.05) is 5.16 Å². The van der Waals surface area contributed by atoms with Gasteiger partial charge in [0.2, 0.25) is 5.91 Å². The molecule has 154 valence electrons. The number of nitrogens with zero attached hydrogens (tertiary/aromatic N) is 4. The fraction of sp³-hybridized carbons (Fsp3) is 0.500. The van der Waals surface area contributed by atoms with Gasteiger partial charge in [-0.05, 0) is 55.5 Å². The Morgan fingerprint density at radius 1 is 1.38 bits per heavy atom. The largest absolute Gasteiger partial charge is 0.361 e. The zero-order valence-electron chi connectivity index (χ0n) is 16.7. The van der Waals surface area contributed by atoms with Crippen molar-refractivity contribution >= 4 is 17.2 Å². The Kier molecular flexibility index (Phi) is 5.66. The van der Waals surface area contributed by atoms with E-state index in [1.807, 2.05) is 19.2 Å². The van der Waals surface area contributed by atoms with Crippen LogP contribution in [0, 0.1) is 13.8 Å². The van der Waals surface area contributed by atoms with Crippen molar-refractivity contribution in [3.05, 3.63) is 55.7 Å². The molecule has 0 bridgehead atoms.